The molecule has 0 aliphatic heterocycles. The Hall–Kier alpha value is -0.0300. The molecule has 0 radical (unpaired) electrons. The molecule has 0 unspecified atom stereocenters. The van der Waals surface area contributed by atoms with Crippen molar-refractivity contribution in [2.75, 3.05) is 14.1 Å². The van der Waals surface area contributed by atoms with Crippen molar-refractivity contribution in [2.24, 2.45) is 0 Å². The first kappa shape index (κ1) is 16.0. The number of rotatable bonds is 1. The predicted molar refractivity (Wildman–Crippen MR) is 25.7 cm³/mol. The first-order chi connectivity index (χ1) is 2.94. The maximum Gasteiger partial charge on any atom is 0.402 e. The lowest BCUT2D eigenvalue weighted by Gasteiger charge is -2.09. The van der Waals surface area contributed by atoms with Crippen LogP contribution in [0.5, 0.6) is 0 Å². The van der Waals surface area contributed by atoms with Gasteiger partial charge in [-0.25, -0.2) is 9.24 Å². The van der Waals surface area contributed by atoms with Gasteiger partial charge in [0.25, 0.3) is 0 Å². The second kappa shape index (κ2) is 4.81. The Bertz CT molecular complexity index is 102. The van der Waals surface area contributed by atoms with Crippen LogP contribution in [0.3, 0.4) is 0 Å². The van der Waals surface area contributed by atoms with E-state index in [2.05, 4.69) is 0 Å². The lowest BCUT2D eigenvalue weighted by atomic mass is 11.3. The monoisotopic (exact) mass is 163 g/mol. The fourth-order valence-electron chi connectivity index (χ4n) is 0. The van der Waals surface area contributed by atoms with E-state index in [0.29, 0.717) is 0 Å². The summed E-state index contributed by atoms with van der Waals surface area (Å²) in [6, 6.07) is 0. The summed E-state index contributed by atoms with van der Waals surface area (Å²) in [4.78, 5) is 16.3. The summed E-state index contributed by atoms with van der Waals surface area (Å²) in [6.45, 7) is 0. The minimum atomic E-state index is -3.90. The first-order valence-electron chi connectivity index (χ1n) is 1.68. The van der Waals surface area contributed by atoms with Crippen LogP contribution in [0.25, 0.3) is 0 Å². The van der Waals surface area contributed by atoms with Crippen LogP contribution in [-0.2, 0) is 4.57 Å². The maximum atomic E-state index is 9.95. The fourth-order valence-corrected chi connectivity index (χ4v) is 0. The highest BCUT2D eigenvalue weighted by Gasteiger charge is 2.14. The van der Waals surface area contributed by atoms with Crippen LogP contribution in [0.15, 0.2) is 0 Å². The lowest BCUT2D eigenvalue weighted by molar-refractivity contribution is -0.00100. The zero-order valence-electron chi connectivity index (χ0n) is 4.95. The van der Waals surface area contributed by atoms with E-state index in [1.165, 1.54) is 14.1 Å². The molecule has 0 rings (SSSR count). The third kappa shape index (κ3) is 7.97. The van der Waals surface area contributed by atoms with Gasteiger partial charge in [-0.15, -0.1) is 0 Å². The van der Waals surface area contributed by atoms with E-state index in [9.17, 15) is 4.57 Å². The standard InChI is InChI=1S/C2H8NO3P.2FH/c1-3(2)7(4,5)6;;/h1-2H3,(H2,4,5,6);2*1H/p-2. The quantitative estimate of drug-likeness (QED) is 0.377. The van der Waals surface area contributed by atoms with Gasteiger partial charge in [-0.1, -0.05) is 0 Å². The van der Waals surface area contributed by atoms with Gasteiger partial charge in [-0.05, 0) is 14.1 Å². The molecule has 0 spiro atoms. The van der Waals surface area contributed by atoms with E-state index in [1.54, 1.807) is 0 Å². The second-order valence-electron chi connectivity index (χ2n) is 1.36. The third-order valence-corrected chi connectivity index (χ3v) is 1.56. The van der Waals surface area contributed by atoms with Crippen molar-refractivity contribution in [1.82, 2.24) is 4.67 Å². The van der Waals surface area contributed by atoms with Crippen molar-refractivity contribution in [3.05, 3.63) is 0 Å². The van der Waals surface area contributed by atoms with E-state index in [-0.39, 0.29) is 9.41 Å². The Labute approximate surface area is 51.4 Å². The maximum absolute atomic E-state index is 9.95. The molecule has 0 aliphatic carbocycles. The highest BCUT2D eigenvalue weighted by molar-refractivity contribution is 7.49. The molecule has 60 valence electrons. The van der Waals surface area contributed by atoms with Crippen molar-refractivity contribution in [3.8, 4) is 0 Å². The molecule has 0 aromatic rings. The molecule has 2 N–H and O–H groups in total. The second-order valence-corrected chi connectivity index (χ2v) is 3.19. The Morgan fingerprint density at radius 3 is 1.33 bits per heavy atom. The molecule has 9 heavy (non-hydrogen) atoms. The lowest BCUT2D eigenvalue weighted by Crippen LogP contribution is -3.00. The van der Waals surface area contributed by atoms with Crippen molar-refractivity contribution in [1.29, 1.82) is 0 Å². The molecule has 0 aromatic heterocycles. The number of nitrogens with zero attached hydrogens (tertiary/aromatic N) is 1. The van der Waals surface area contributed by atoms with Crippen LogP contribution in [0.4, 0.5) is 0 Å². The minimum absolute atomic E-state index is 0. The van der Waals surface area contributed by atoms with Crippen LogP contribution in [0, 0.1) is 0 Å². The van der Waals surface area contributed by atoms with Gasteiger partial charge in [0.2, 0.25) is 0 Å². The molecule has 0 fully saturated rings. The van der Waals surface area contributed by atoms with Gasteiger partial charge in [0.15, 0.2) is 0 Å². The number of hydrogen-bond acceptors (Lipinski definition) is 1. The van der Waals surface area contributed by atoms with Gasteiger partial charge in [0.05, 0.1) is 0 Å². The van der Waals surface area contributed by atoms with Gasteiger partial charge < -0.3 is 19.2 Å². The molecule has 0 aliphatic rings. The van der Waals surface area contributed by atoms with Crippen LogP contribution in [-0.4, -0.2) is 28.6 Å². The Kier molecular flexibility index (Phi) is 8.55. The van der Waals surface area contributed by atoms with Crippen molar-refractivity contribution >= 4 is 7.75 Å². The Morgan fingerprint density at radius 2 is 1.33 bits per heavy atom. The van der Waals surface area contributed by atoms with Gasteiger partial charge in [-0.2, -0.15) is 0 Å². The number of hydrogen-bond donors (Lipinski definition) is 2. The van der Waals surface area contributed by atoms with E-state index in [4.69, 9.17) is 9.79 Å². The summed E-state index contributed by atoms with van der Waals surface area (Å²) in [5.41, 5.74) is 0. The highest BCUT2D eigenvalue weighted by Crippen LogP contribution is 2.35. The number of halogens is 2. The molecular weight excluding hydrogens is 155 g/mol. The summed E-state index contributed by atoms with van der Waals surface area (Å²) in [5, 5.41) is 0. The molecule has 0 bridgehead atoms. The summed E-state index contributed by atoms with van der Waals surface area (Å²) in [5.74, 6) is 0. The fraction of sp³-hybridized carbons (Fsp3) is 1.00. The normalized spacial score (nSPS) is 9.89. The average Bonchev–Trinajstić information content (AvgIpc) is 1.31. The SMILES string of the molecule is CN(C)P(=O)(O)O.[F-].[F-]. The molecule has 0 heterocycles. The van der Waals surface area contributed by atoms with Crippen LogP contribution >= 0.6 is 7.75 Å². The van der Waals surface area contributed by atoms with Gasteiger partial charge in [0, 0.05) is 0 Å². The van der Waals surface area contributed by atoms with Crippen LogP contribution in [0.2, 0.25) is 0 Å². The van der Waals surface area contributed by atoms with Crippen LogP contribution < -0.4 is 9.41 Å². The smallest absolute Gasteiger partial charge is 0.402 e. The van der Waals surface area contributed by atoms with Crippen molar-refractivity contribution < 1.29 is 23.8 Å². The molecule has 7 heteroatoms. The van der Waals surface area contributed by atoms with E-state index >= 15 is 0 Å². The van der Waals surface area contributed by atoms with Gasteiger partial charge in [0.1, 0.15) is 0 Å². The average molecular weight is 163 g/mol. The summed E-state index contributed by atoms with van der Waals surface area (Å²) in [7, 11) is -1.26. The van der Waals surface area contributed by atoms with Crippen molar-refractivity contribution in [3.63, 3.8) is 0 Å². The Morgan fingerprint density at radius 1 is 1.22 bits per heavy atom. The highest BCUT2D eigenvalue weighted by atomic mass is 31.2. The molecule has 0 saturated carbocycles. The third-order valence-electron chi connectivity index (χ3n) is 0.521. The molecule has 4 nitrogen and oxygen atoms in total. The largest absolute Gasteiger partial charge is 1.00 e. The molecule has 0 amide bonds. The first-order valence-corrected chi connectivity index (χ1v) is 3.24. The molecule has 0 saturated heterocycles. The van der Waals surface area contributed by atoms with Crippen LogP contribution in [0.1, 0.15) is 0 Å². The van der Waals surface area contributed by atoms with Gasteiger partial charge in [-0.3, -0.25) is 0 Å². The zero-order chi connectivity index (χ0) is 6.08. The summed E-state index contributed by atoms with van der Waals surface area (Å²) in [6.07, 6.45) is 0. The van der Waals surface area contributed by atoms with E-state index < -0.39 is 7.75 Å². The molecular formula is C2H8F2NO3P-2. The topological polar surface area (TPSA) is 60.8 Å². The zero-order valence-corrected chi connectivity index (χ0v) is 5.85. The van der Waals surface area contributed by atoms with E-state index in [1.807, 2.05) is 0 Å². The molecule has 0 atom stereocenters. The predicted octanol–water partition coefficient (Wildman–Crippen LogP) is -6.35. The summed E-state index contributed by atoms with van der Waals surface area (Å²) >= 11 is 0. The molecule has 0 aromatic carbocycles. The van der Waals surface area contributed by atoms with E-state index in [0.717, 1.165) is 4.67 Å². The van der Waals surface area contributed by atoms with Crippen molar-refractivity contribution in [2.45, 2.75) is 0 Å². The summed E-state index contributed by atoms with van der Waals surface area (Å²) < 4.78 is 10.8. The minimum Gasteiger partial charge on any atom is -1.00 e. The Balaban J connectivity index is -0.000000180. The van der Waals surface area contributed by atoms with Gasteiger partial charge >= 0.3 is 7.75 Å².